The Morgan fingerprint density at radius 3 is 2.71 bits per heavy atom. The van der Waals surface area contributed by atoms with Gasteiger partial charge in [0.25, 0.3) is 5.78 Å². The average Bonchev–Trinajstić information content (AvgIpc) is 2.82. The predicted molar refractivity (Wildman–Crippen MR) is 68.0 cm³/mol. The van der Waals surface area contributed by atoms with Crippen molar-refractivity contribution in [1.82, 2.24) is 19.6 Å². The average molecular weight is 242 g/mol. The normalized spacial score (nSPS) is 10.9. The second-order valence-electron chi connectivity index (χ2n) is 3.51. The zero-order chi connectivity index (χ0) is 11.7. The van der Waals surface area contributed by atoms with Gasteiger partial charge in [-0.3, -0.25) is 0 Å². The quantitative estimate of drug-likeness (QED) is 0.648. The molecule has 3 aromatic rings. The molecule has 0 saturated carbocycles. The summed E-state index contributed by atoms with van der Waals surface area (Å²) in [6.07, 6.45) is 3.72. The third-order valence-corrected chi connectivity index (χ3v) is 3.01. The van der Waals surface area contributed by atoms with E-state index in [9.17, 15) is 0 Å². The van der Waals surface area contributed by atoms with Gasteiger partial charge < -0.3 is 0 Å². The molecule has 0 spiro atoms. The van der Waals surface area contributed by atoms with Gasteiger partial charge in [-0.1, -0.05) is 42.1 Å². The van der Waals surface area contributed by atoms with Crippen molar-refractivity contribution < 1.29 is 0 Å². The highest BCUT2D eigenvalue weighted by Gasteiger charge is 2.08. The van der Waals surface area contributed by atoms with Crippen LogP contribution < -0.4 is 0 Å². The van der Waals surface area contributed by atoms with Crippen molar-refractivity contribution >= 4 is 17.5 Å². The summed E-state index contributed by atoms with van der Waals surface area (Å²) in [5.41, 5.74) is 2.11. The molecule has 0 fully saturated rings. The lowest BCUT2D eigenvalue weighted by atomic mass is 10.1. The smallest absolute Gasteiger partial charge is 0.220 e. The third-order valence-electron chi connectivity index (χ3n) is 2.47. The molecule has 84 valence electrons. The topological polar surface area (TPSA) is 43.1 Å². The van der Waals surface area contributed by atoms with E-state index in [0.29, 0.717) is 5.78 Å². The van der Waals surface area contributed by atoms with Gasteiger partial charge in [0.15, 0.2) is 0 Å². The van der Waals surface area contributed by atoms with Crippen molar-refractivity contribution in [1.29, 1.82) is 0 Å². The minimum Gasteiger partial charge on any atom is -0.220 e. The van der Waals surface area contributed by atoms with Crippen LogP contribution in [0.2, 0.25) is 0 Å². The van der Waals surface area contributed by atoms with Crippen LogP contribution in [0, 0.1) is 0 Å². The van der Waals surface area contributed by atoms with Crippen LogP contribution in [0.25, 0.3) is 17.0 Å². The molecule has 0 radical (unpaired) electrons. The number of rotatable bonds is 2. The molecule has 0 bridgehead atoms. The Labute approximate surface area is 103 Å². The summed E-state index contributed by atoms with van der Waals surface area (Å²) in [7, 11) is 0. The minimum absolute atomic E-state index is 0.635. The number of hydrogen-bond donors (Lipinski definition) is 0. The van der Waals surface area contributed by atoms with Crippen LogP contribution in [0.1, 0.15) is 0 Å². The van der Waals surface area contributed by atoms with E-state index < -0.39 is 0 Å². The van der Waals surface area contributed by atoms with Gasteiger partial charge in [-0.2, -0.15) is 9.50 Å². The van der Waals surface area contributed by atoms with Crippen molar-refractivity contribution in [3.05, 3.63) is 42.6 Å². The maximum Gasteiger partial charge on any atom is 0.253 e. The first kappa shape index (κ1) is 10.3. The first-order valence-electron chi connectivity index (χ1n) is 5.19. The molecule has 17 heavy (non-hydrogen) atoms. The molecule has 0 aliphatic rings. The minimum atomic E-state index is 0.635. The molecule has 3 rings (SSSR count). The zero-order valence-electron chi connectivity index (χ0n) is 9.24. The van der Waals surface area contributed by atoms with Gasteiger partial charge in [0.05, 0.1) is 5.69 Å². The van der Waals surface area contributed by atoms with Crippen LogP contribution in [0.4, 0.5) is 0 Å². The van der Waals surface area contributed by atoms with Gasteiger partial charge in [-0.25, -0.2) is 4.98 Å². The molecule has 1 aromatic carbocycles. The molecule has 0 aliphatic carbocycles. The van der Waals surface area contributed by atoms with Crippen molar-refractivity contribution in [2.24, 2.45) is 0 Å². The van der Waals surface area contributed by atoms with E-state index in [1.165, 1.54) is 11.8 Å². The lowest BCUT2D eigenvalue weighted by molar-refractivity contribution is 0.887. The van der Waals surface area contributed by atoms with Crippen molar-refractivity contribution in [3.63, 3.8) is 0 Å². The molecular weight excluding hydrogens is 232 g/mol. The van der Waals surface area contributed by atoms with Crippen molar-refractivity contribution in [3.8, 4) is 11.3 Å². The van der Waals surface area contributed by atoms with Crippen LogP contribution in [0.5, 0.6) is 0 Å². The van der Waals surface area contributed by atoms with E-state index in [-0.39, 0.29) is 0 Å². The summed E-state index contributed by atoms with van der Waals surface area (Å²) in [4.78, 5) is 8.53. The van der Waals surface area contributed by atoms with Crippen LogP contribution in [-0.2, 0) is 0 Å². The first-order valence-corrected chi connectivity index (χ1v) is 6.42. The fraction of sp³-hybridized carbons (Fsp3) is 0.0833. The van der Waals surface area contributed by atoms with E-state index in [0.717, 1.165) is 16.4 Å². The maximum absolute atomic E-state index is 4.41. The molecule has 4 nitrogen and oxygen atoms in total. The standard InChI is InChI=1S/C12H10N4S/c1-17-12-14-11-13-8-7-10(16(11)15-12)9-5-3-2-4-6-9/h2-8H,1H3. The molecule has 0 atom stereocenters. The fourth-order valence-electron chi connectivity index (χ4n) is 1.69. The van der Waals surface area contributed by atoms with E-state index in [1.54, 1.807) is 10.7 Å². The van der Waals surface area contributed by atoms with Gasteiger partial charge in [0.1, 0.15) is 0 Å². The lowest BCUT2D eigenvalue weighted by Crippen LogP contribution is -1.95. The molecule has 0 amide bonds. The summed E-state index contributed by atoms with van der Waals surface area (Å²) < 4.78 is 1.78. The molecule has 5 heteroatoms. The summed E-state index contributed by atoms with van der Waals surface area (Å²) in [5.74, 6) is 0.635. The molecule has 0 aliphatic heterocycles. The molecule has 0 unspecified atom stereocenters. The van der Waals surface area contributed by atoms with E-state index >= 15 is 0 Å². The number of hydrogen-bond acceptors (Lipinski definition) is 4. The van der Waals surface area contributed by atoms with Crippen LogP contribution in [0.15, 0.2) is 47.8 Å². The highest BCUT2D eigenvalue weighted by Crippen LogP contribution is 2.19. The predicted octanol–water partition coefficient (Wildman–Crippen LogP) is 2.51. The third kappa shape index (κ3) is 1.78. The van der Waals surface area contributed by atoms with Crippen molar-refractivity contribution in [2.75, 3.05) is 6.26 Å². The highest BCUT2D eigenvalue weighted by molar-refractivity contribution is 7.98. The first-order chi connectivity index (χ1) is 8.38. The zero-order valence-corrected chi connectivity index (χ0v) is 10.1. The second kappa shape index (κ2) is 4.18. The van der Waals surface area contributed by atoms with Gasteiger partial charge in [0.2, 0.25) is 5.16 Å². The maximum atomic E-state index is 4.41. The van der Waals surface area contributed by atoms with Crippen LogP contribution >= 0.6 is 11.8 Å². The molecule has 0 saturated heterocycles. The van der Waals surface area contributed by atoms with Crippen LogP contribution in [-0.4, -0.2) is 25.8 Å². The Morgan fingerprint density at radius 1 is 1.12 bits per heavy atom. The van der Waals surface area contributed by atoms with E-state index in [4.69, 9.17) is 0 Å². The Hall–Kier alpha value is -1.88. The lowest BCUT2D eigenvalue weighted by Gasteiger charge is -2.02. The van der Waals surface area contributed by atoms with Gasteiger partial charge >= 0.3 is 0 Å². The van der Waals surface area contributed by atoms with Crippen molar-refractivity contribution in [2.45, 2.75) is 5.16 Å². The summed E-state index contributed by atoms with van der Waals surface area (Å²) in [5, 5.41) is 5.15. The van der Waals surface area contributed by atoms with Gasteiger partial charge in [-0.15, -0.1) is 5.10 Å². The molecular formula is C12H10N4S. The number of fused-ring (bicyclic) bond motifs is 1. The number of thioether (sulfide) groups is 1. The Kier molecular flexibility index (Phi) is 2.53. The molecule has 0 N–H and O–H groups in total. The number of nitrogens with zero attached hydrogens (tertiary/aromatic N) is 4. The Morgan fingerprint density at radius 2 is 1.94 bits per heavy atom. The van der Waals surface area contributed by atoms with E-state index in [1.807, 2.05) is 30.5 Å². The second-order valence-corrected chi connectivity index (χ2v) is 4.28. The van der Waals surface area contributed by atoms with E-state index in [2.05, 4.69) is 27.2 Å². The largest absolute Gasteiger partial charge is 0.253 e. The van der Waals surface area contributed by atoms with Crippen LogP contribution in [0.3, 0.4) is 0 Å². The monoisotopic (exact) mass is 242 g/mol. The number of benzene rings is 1. The Bertz CT molecular complexity index is 648. The molecule has 2 heterocycles. The number of aromatic nitrogens is 4. The SMILES string of the molecule is CSc1nc2nccc(-c3ccccc3)n2n1. The summed E-state index contributed by atoms with van der Waals surface area (Å²) in [6, 6.07) is 12.1. The fourth-order valence-corrected chi connectivity index (χ4v) is 2.03. The molecule has 2 aromatic heterocycles. The highest BCUT2D eigenvalue weighted by atomic mass is 32.2. The summed E-state index contributed by atoms with van der Waals surface area (Å²) >= 11 is 1.52. The van der Waals surface area contributed by atoms with Gasteiger partial charge in [0, 0.05) is 11.8 Å². The Balaban J connectivity index is 2.26. The van der Waals surface area contributed by atoms with Gasteiger partial charge in [-0.05, 0) is 12.3 Å². The summed E-state index contributed by atoms with van der Waals surface area (Å²) in [6.45, 7) is 0.